The molecule has 0 aromatic carbocycles. The summed E-state index contributed by atoms with van der Waals surface area (Å²) in [5, 5.41) is 14.2. The Morgan fingerprint density at radius 1 is 1.45 bits per heavy atom. The van der Waals surface area contributed by atoms with Gasteiger partial charge >= 0.3 is 5.00 Å². The molecule has 5 nitrogen and oxygen atoms in total. The molecule has 1 fully saturated rings. The molecule has 1 aliphatic heterocycles. The zero-order valence-corrected chi connectivity index (χ0v) is 12.8. The van der Waals surface area contributed by atoms with Crippen LogP contribution in [0.4, 0.5) is 5.00 Å². The largest absolute Gasteiger partial charge is 0.324 e. The van der Waals surface area contributed by atoms with Gasteiger partial charge in [-0.25, -0.2) is 0 Å². The third kappa shape index (κ3) is 4.85. The van der Waals surface area contributed by atoms with Crippen LogP contribution in [0.3, 0.4) is 0 Å². The van der Waals surface area contributed by atoms with E-state index in [1.165, 1.54) is 37.3 Å². The minimum Gasteiger partial charge on any atom is -0.312 e. The highest BCUT2D eigenvalue weighted by molar-refractivity contribution is 7.15. The number of piperidine rings is 1. The molecule has 112 valence electrons. The smallest absolute Gasteiger partial charge is 0.312 e. The molecule has 0 saturated carbocycles. The molecular weight excluding hydrogens is 274 g/mol. The van der Waals surface area contributed by atoms with Crippen molar-refractivity contribution in [1.82, 2.24) is 10.2 Å². The average Bonchev–Trinajstić information content (AvgIpc) is 2.89. The Hall–Kier alpha value is -0.980. The number of hydrogen-bond acceptors (Lipinski definition) is 5. The SMILES string of the molecule is CC1CCN(CCCNCc2ccc([N+](=O)[O-])s2)CC1. The fourth-order valence-electron chi connectivity index (χ4n) is 2.48. The fraction of sp³-hybridized carbons (Fsp3) is 0.714. The van der Waals surface area contributed by atoms with Gasteiger partial charge in [0.15, 0.2) is 0 Å². The third-order valence-electron chi connectivity index (χ3n) is 3.83. The van der Waals surface area contributed by atoms with Crippen molar-refractivity contribution in [3.05, 3.63) is 27.1 Å². The van der Waals surface area contributed by atoms with E-state index in [9.17, 15) is 10.1 Å². The van der Waals surface area contributed by atoms with Crippen LogP contribution in [0.5, 0.6) is 0 Å². The van der Waals surface area contributed by atoms with Gasteiger partial charge in [0.25, 0.3) is 0 Å². The molecule has 1 aromatic rings. The lowest BCUT2D eigenvalue weighted by Gasteiger charge is -2.30. The second-order valence-electron chi connectivity index (χ2n) is 5.55. The average molecular weight is 297 g/mol. The van der Waals surface area contributed by atoms with Crippen molar-refractivity contribution in [2.24, 2.45) is 5.92 Å². The van der Waals surface area contributed by atoms with Crippen LogP contribution in [0.1, 0.15) is 31.1 Å². The summed E-state index contributed by atoms with van der Waals surface area (Å²) in [6.45, 7) is 7.66. The molecule has 0 atom stereocenters. The second-order valence-corrected chi connectivity index (χ2v) is 6.70. The first-order valence-corrected chi connectivity index (χ1v) is 8.13. The maximum absolute atomic E-state index is 10.6. The van der Waals surface area contributed by atoms with Crippen LogP contribution < -0.4 is 5.32 Å². The van der Waals surface area contributed by atoms with Gasteiger partial charge in [0.1, 0.15) is 0 Å². The van der Waals surface area contributed by atoms with E-state index in [0.29, 0.717) is 0 Å². The molecule has 0 unspecified atom stereocenters. The number of rotatable bonds is 7. The van der Waals surface area contributed by atoms with Crippen LogP contribution >= 0.6 is 11.3 Å². The van der Waals surface area contributed by atoms with Crippen molar-refractivity contribution in [2.75, 3.05) is 26.2 Å². The van der Waals surface area contributed by atoms with Crippen molar-refractivity contribution >= 4 is 16.3 Å². The predicted molar refractivity (Wildman–Crippen MR) is 82.1 cm³/mol. The van der Waals surface area contributed by atoms with E-state index in [1.54, 1.807) is 6.07 Å². The lowest BCUT2D eigenvalue weighted by molar-refractivity contribution is -0.380. The summed E-state index contributed by atoms with van der Waals surface area (Å²) in [4.78, 5) is 13.8. The van der Waals surface area contributed by atoms with Gasteiger partial charge in [0.05, 0.1) is 4.92 Å². The molecule has 2 rings (SSSR count). The van der Waals surface area contributed by atoms with Gasteiger partial charge < -0.3 is 10.2 Å². The number of nitro groups is 1. The molecule has 1 aliphatic rings. The Kier molecular flexibility index (Phi) is 5.94. The van der Waals surface area contributed by atoms with Crippen molar-refractivity contribution in [2.45, 2.75) is 32.7 Å². The summed E-state index contributed by atoms with van der Waals surface area (Å²) >= 11 is 1.26. The van der Waals surface area contributed by atoms with Gasteiger partial charge in [0, 0.05) is 17.5 Å². The zero-order valence-electron chi connectivity index (χ0n) is 12.0. The molecule has 6 heteroatoms. The first-order chi connectivity index (χ1) is 9.65. The van der Waals surface area contributed by atoms with E-state index in [1.807, 2.05) is 6.07 Å². The number of likely N-dealkylation sites (tertiary alicyclic amines) is 1. The summed E-state index contributed by atoms with van der Waals surface area (Å²) < 4.78 is 0. The van der Waals surface area contributed by atoms with Crippen molar-refractivity contribution in [3.8, 4) is 0 Å². The molecule has 0 spiro atoms. The number of hydrogen-bond donors (Lipinski definition) is 1. The molecule has 2 heterocycles. The van der Waals surface area contributed by atoms with E-state index in [4.69, 9.17) is 0 Å². The minimum atomic E-state index is -0.328. The normalized spacial score (nSPS) is 17.4. The Morgan fingerprint density at radius 3 is 2.85 bits per heavy atom. The fourth-order valence-corrected chi connectivity index (χ4v) is 3.27. The van der Waals surface area contributed by atoms with Gasteiger partial charge in [-0.1, -0.05) is 18.3 Å². The quantitative estimate of drug-likeness (QED) is 0.477. The Bertz CT molecular complexity index is 428. The van der Waals surface area contributed by atoms with Crippen LogP contribution in [-0.4, -0.2) is 36.0 Å². The van der Waals surface area contributed by atoms with Crippen LogP contribution in [0, 0.1) is 16.0 Å². The Balaban J connectivity index is 1.56. The highest BCUT2D eigenvalue weighted by atomic mass is 32.1. The van der Waals surface area contributed by atoms with Crippen LogP contribution in [0.2, 0.25) is 0 Å². The summed E-state index contributed by atoms with van der Waals surface area (Å²) in [7, 11) is 0. The molecule has 0 aliphatic carbocycles. The summed E-state index contributed by atoms with van der Waals surface area (Å²) in [5.74, 6) is 0.888. The van der Waals surface area contributed by atoms with Crippen molar-refractivity contribution in [3.63, 3.8) is 0 Å². The molecule has 1 saturated heterocycles. The highest BCUT2D eigenvalue weighted by Crippen LogP contribution is 2.23. The lowest BCUT2D eigenvalue weighted by Crippen LogP contribution is -2.34. The van der Waals surface area contributed by atoms with Crippen LogP contribution in [0.15, 0.2) is 12.1 Å². The Labute approximate surface area is 124 Å². The summed E-state index contributed by atoms with van der Waals surface area (Å²) in [6.07, 6.45) is 3.79. The number of thiophene rings is 1. The zero-order chi connectivity index (χ0) is 14.4. The maximum atomic E-state index is 10.6. The van der Waals surface area contributed by atoms with E-state index < -0.39 is 0 Å². The lowest BCUT2D eigenvalue weighted by atomic mass is 9.99. The maximum Gasteiger partial charge on any atom is 0.324 e. The van der Waals surface area contributed by atoms with Crippen molar-refractivity contribution < 1.29 is 4.92 Å². The topological polar surface area (TPSA) is 58.4 Å². The van der Waals surface area contributed by atoms with E-state index in [-0.39, 0.29) is 9.92 Å². The van der Waals surface area contributed by atoms with E-state index in [2.05, 4.69) is 17.1 Å². The van der Waals surface area contributed by atoms with E-state index in [0.717, 1.165) is 36.9 Å². The van der Waals surface area contributed by atoms with Crippen LogP contribution in [0.25, 0.3) is 0 Å². The Morgan fingerprint density at radius 2 is 2.20 bits per heavy atom. The van der Waals surface area contributed by atoms with Gasteiger partial charge in [-0.15, -0.1) is 0 Å². The molecule has 0 radical (unpaired) electrons. The molecule has 0 amide bonds. The van der Waals surface area contributed by atoms with Gasteiger partial charge in [-0.05, 0) is 57.4 Å². The van der Waals surface area contributed by atoms with Gasteiger partial charge in [-0.3, -0.25) is 10.1 Å². The van der Waals surface area contributed by atoms with E-state index >= 15 is 0 Å². The first kappa shape index (κ1) is 15.4. The molecule has 20 heavy (non-hydrogen) atoms. The molecular formula is C14H23N3O2S. The molecule has 1 N–H and O–H groups in total. The number of nitrogens with one attached hydrogen (secondary N) is 1. The molecule has 0 bridgehead atoms. The first-order valence-electron chi connectivity index (χ1n) is 7.31. The van der Waals surface area contributed by atoms with Crippen molar-refractivity contribution in [1.29, 1.82) is 0 Å². The monoisotopic (exact) mass is 297 g/mol. The summed E-state index contributed by atoms with van der Waals surface area (Å²) in [6, 6.07) is 3.42. The van der Waals surface area contributed by atoms with Gasteiger partial charge in [-0.2, -0.15) is 0 Å². The summed E-state index contributed by atoms with van der Waals surface area (Å²) in [5.41, 5.74) is 0. The van der Waals surface area contributed by atoms with Gasteiger partial charge in [0.2, 0.25) is 0 Å². The third-order valence-corrected chi connectivity index (χ3v) is 4.87. The standard InChI is InChI=1S/C14H23N3O2S/c1-12-5-9-16(10-6-12)8-2-7-15-11-13-3-4-14(20-13)17(18)19/h3-4,12,15H,2,5-11H2,1H3. The molecule has 1 aromatic heterocycles. The van der Waals surface area contributed by atoms with Crippen LogP contribution in [-0.2, 0) is 6.54 Å². The highest BCUT2D eigenvalue weighted by Gasteiger charge is 2.14. The second kappa shape index (κ2) is 7.71. The minimum absolute atomic E-state index is 0.226. The predicted octanol–water partition coefficient (Wildman–Crippen LogP) is 2.87. The number of nitrogens with zero attached hydrogens (tertiary/aromatic N) is 2.